The van der Waals surface area contributed by atoms with Crippen LogP contribution in [-0.2, 0) is 6.42 Å². The molecule has 5 rings (SSSR count). The van der Waals surface area contributed by atoms with Crippen LogP contribution in [0, 0.1) is 5.82 Å². The lowest BCUT2D eigenvalue weighted by Crippen LogP contribution is -2.39. The van der Waals surface area contributed by atoms with Gasteiger partial charge in [0.1, 0.15) is 5.82 Å². The van der Waals surface area contributed by atoms with Gasteiger partial charge in [-0.05, 0) is 54.8 Å². The zero-order chi connectivity index (χ0) is 22.6. The minimum Gasteiger partial charge on any atom is -0.338 e. The summed E-state index contributed by atoms with van der Waals surface area (Å²) in [7, 11) is 0. The second-order valence-corrected chi connectivity index (χ2v) is 8.27. The molecular formula is C26H24FN5O. The standard InChI is InChI=1S/C26H24FN5O/c27-23-9-2-1-6-19(23)16-22-8-3-10-24(30-22)21-7-4-14-31(18-21)26(33)20-11-12-25(28-17-20)32-15-5-13-29-32/h1-3,5-6,8-13,15,17,21H,4,7,14,16,18H2/t21-/m0/s1. The normalized spacial score (nSPS) is 16.0. The summed E-state index contributed by atoms with van der Waals surface area (Å²) in [5.74, 6) is 0.580. The molecule has 1 atom stereocenters. The number of carbonyl (C=O) groups is 1. The number of benzene rings is 1. The van der Waals surface area contributed by atoms with E-state index in [0.717, 1.165) is 24.2 Å². The highest BCUT2D eigenvalue weighted by Crippen LogP contribution is 2.27. The van der Waals surface area contributed by atoms with Crippen LogP contribution >= 0.6 is 0 Å². The summed E-state index contributed by atoms with van der Waals surface area (Å²) in [5, 5.41) is 4.16. The molecule has 1 fully saturated rings. The fourth-order valence-electron chi connectivity index (χ4n) is 4.30. The SMILES string of the molecule is O=C(c1ccc(-n2cccn2)nc1)N1CCC[C@H](c2cccc(Cc3ccccc3F)n2)C1. The highest BCUT2D eigenvalue weighted by atomic mass is 19.1. The predicted octanol–water partition coefficient (Wildman–Crippen LogP) is 4.41. The molecule has 1 aliphatic heterocycles. The van der Waals surface area contributed by atoms with E-state index in [0.29, 0.717) is 36.5 Å². The molecule has 0 radical (unpaired) electrons. The second kappa shape index (κ2) is 9.32. The van der Waals surface area contributed by atoms with Gasteiger partial charge < -0.3 is 4.90 Å². The monoisotopic (exact) mass is 441 g/mol. The quantitative estimate of drug-likeness (QED) is 0.460. The summed E-state index contributed by atoms with van der Waals surface area (Å²) in [4.78, 5) is 24.2. The Bertz CT molecular complexity index is 1240. The molecule has 0 saturated carbocycles. The van der Waals surface area contributed by atoms with Gasteiger partial charge in [0, 0.05) is 55.4 Å². The zero-order valence-electron chi connectivity index (χ0n) is 18.1. The highest BCUT2D eigenvalue weighted by molar-refractivity contribution is 5.94. The lowest BCUT2D eigenvalue weighted by molar-refractivity contribution is 0.0705. The molecule has 1 amide bonds. The number of halogens is 1. The van der Waals surface area contributed by atoms with Gasteiger partial charge in [0.2, 0.25) is 0 Å². The Kier molecular flexibility index (Phi) is 5.93. The molecule has 1 aromatic carbocycles. The Morgan fingerprint density at radius 1 is 1.06 bits per heavy atom. The van der Waals surface area contributed by atoms with E-state index in [2.05, 4.69) is 10.1 Å². The summed E-state index contributed by atoms with van der Waals surface area (Å²) >= 11 is 0. The number of hydrogen-bond donors (Lipinski definition) is 0. The minimum absolute atomic E-state index is 0.0262. The van der Waals surface area contributed by atoms with Crippen LogP contribution in [0.3, 0.4) is 0 Å². The van der Waals surface area contributed by atoms with E-state index in [1.807, 2.05) is 41.4 Å². The molecule has 33 heavy (non-hydrogen) atoms. The van der Waals surface area contributed by atoms with Crippen molar-refractivity contribution in [2.75, 3.05) is 13.1 Å². The van der Waals surface area contributed by atoms with Crippen LogP contribution in [0.5, 0.6) is 0 Å². The largest absolute Gasteiger partial charge is 0.338 e. The van der Waals surface area contributed by atoms with Crippen molar-refractivity contribution in [3.63, 3.8) is 0 Å². The first-order chi connectivity index (χ1) is 16.2. The molecule has 0 unspecified atom stereocenters. The van der Waals surface area contributed by atoms with Crippen molar-refractivity contribution < 1.29 is 9.18 Å². The van der Waals surface area contributed by atoms with Crippen molar-refractivity contribution in [2.45, 2.75) is 25.2 Å². The van der Waals surface area contributed by atoms with Gasteiger partial charge >= 0.3 is 0 Å². The molecule has 0 bridgehead atoms. The number of amides is 1. The smallest absolute Gasteiger partial charge is 0.255 e. The maximum absolute atomic E-state index is 14.1. The number of nitrogens with zero attached hydrogens (tertiary/aromatic N) is 5. The molecule has 1 saturated heterocycles. The van der Waals surface area contributed by atoms with Crippen molar-refractivity contribution in [3.05, 3.63) is 108 Å². The van der Waals surface area contributed by atoms with Gasteiger partial charge in [-0.25, -0.2) is 14.1 Å². The Morgan fingerprint density at radius 2 is 1.97 bits per heavy atom. The van der Waals surface area contributed by atoms with Gasteiger partial charge in [0.15, 0.2) is 5.82 Å². The Hall–Kier alpha value is -3.87. The molecule has 4 heterocycles. The molecule has 3 aromatic heterocycles. The first kappa shape index (κ1) is 21.0. The van der Waals surface area contributed by atoms with Crippen LogP contribution in [0.15, 0.2) is 79.3 Å². The fraction of sp³-hybridized carbons (Fsp3) is 0.231. The molecule has 1 aliphatic rings. The van der Waals surface area contributed by atoms with E-state index in [9.17, 15) is 9.18 Å². The molecule has 166 valence electrons. The van der Waals surface area contributed by atoms with Gasteiger partial charge in [-0.2, -0.15) is 5.10 Å². The Balaban J connectivity index is 1.29. The molecular weight excluding hydrogens is 417 g/mol. The molecule has 0 spiro atoms. The summed E-state index contributed by atoms with van der Waals surface area (Å²) in [6, 6.07) is 18.1. The Labute approximate surface area is 191 Å². The maximum Gasteiger partial charge on any atom is 0.255 e. The van der Waals surface area contributed by atoms with Crippen molar-refractivity contribution in [3.8, 4) is 5.82 Å². The maximum atomic E-state index is 14.1. The highest BCUT2D eigenvalue weighted by Gasteiger charge is 2.26. The van der Waals surface area contributed by atoms with Crippen molar-refractivity contribution in [2.24, 2.45) is 0 Å². The number of piperidine rings is 1. The van der Waals surface area contributed by atoms with E-state index in [1.54, 1.807) is 41.3 Å². The van der Waals surface area contributed by atoms with Crippen LogP contribution in [0.4, 0.5) is 4.39 Å². The first-order valence-corrected chi connectivity index (χ1v) is 11.1. The fourth-order valence-corrected chi connectivity index (χ4v) is 4.30. The number of aromatic nitrogens is 4. The molecule has 0 N–H and O–H groups in total. The number of rotatable bonds is 5. The Morgan fingerprint density at radius 3 is 2.76 bits per heavy atom. The number of hydrogen-bond acceptors (Lipinski definition) is 4. The van der Waals surface area contributed by atoms with Gasteiger partial charge in [0.05, 0.1) is 5.56 Å². The van der Waals surface area contributed by atoms with Gasteiger partial charge in [-0.1, -0.05) is 24.3 Å². The minimum atomic E-state index is -0.216. The molecule has 0 aliphatic carbocycles. The van der Waals surface area contributed by atoms with E-state index in [-0.39, 0.29) is 17.6 Å². The van der Waals surface area contributed by atoms with Crippen molar-refractivity contribution in [1.82, 2.24) is 24.6 Å². The molecule has 7 heteroatoms. The molecule has 4 aromatic rings. The lowest BCUT2D eigenvalue weighted by atomic mass is 9.93. The van der Waals surface area contributed by atoms with Crippen molar-refractivity contribution >= 4 is 5.91 Å². The molecule has 6 nitrogen and oxygen atoms in total. The lowest BCUT2D eigenvalue weighted by Gasteiger charge is -2.32. The third-order valence-corrected chi connectivity index (χ3v) is 6.02. The number of likely N-dealkylation sites (tertiary alicyclic amines) is 1. The predicted molar refractivity (Wildman–Crippen MR) is 123 cm³/mol. The van der Waals surface area contributed by atoms with E-state index in [1.165, 1.54) is 6.07 Å². The topological polar surface area (TPSA) is 63.9 Å². The van der Waals surface area contributed by atoms with Crippen LogP contribution in [0.25, 0.3) is 5.82 Å². The second-order valence-electron chi connectivity index (χ2n) is 8.27. The van der Waals surface area contributed by atoms with Gasteiger partial charge in [-0.3, -0.25) is 9.78 Å². The number of carbonyl (C=O) groups excluding carboxylic acids is 1. The number of pyridine rings is 2. The summed E-state index contributed by atoms with van der Waals surface area (Å²) in [6.07, 6.45) is 7.44. The van der Waals surface area contributed by atoms with Crippen LogP contribution in [0.1, 0.15) is 46.1 Å². The van der Waals surface area contributed by atoms with E-state index >= 15 is 0 Å². The summed E-state index contributed by atoms with van der Waals surface area (Å²) < 4.78 is 15.7. The summed E-state index contributed by atoms with van der Waals surface area (Å²) in [6.45, 7) is 1.32. The van der Waals surface area contributed by atoms with Crippen molar-refractivity contribution in [1.29, 1.82) is 0 Å². The van der Waals surface area contributed by atoms with Crippen LogP contribution < -0.4 is 0 Å². The van der Waals surface area contributed by atoms with Gasteiger partial charge in [0.25, 0.3) is 5.91 Å². The average molecular weight is 442 g/mol. The van der Waals surface area contributed by atoms with Gasteiger partial charge in [-0.15, -0.1) is 0 Å². The first-order valence-electron chi connectivity index (χ1n) is 11.1. The summed E-state index contributed by atoms with van der Waals surface area (Å²) in [5.41, 5.74) is 2.98. The van der Waals surface area contributed by atoms with E-state index < -0.39 is 0 Å². The third-order valence-electron chi connectivity index (χ3n) is 6.02. The zero-order valence-corrected chi connectivity index (χ0v) is 18.1. The average Bonchev–Trinajstić information content (AvgIpc) is 3.41. The van der Waals surface area contributed by atoms with Crippen LogP contribution in [-0.4, -0.2) is 43.6 Å². The third kappa shape index (κ3) is 4.67. The van der Waals surface area contributed by atoms with E-state index in [4.69, 9.17) is 4.98 Å². The van der Waals surface area contributed by atoms with Crippen LogP contribution in [0.2, 0.25) is 0 Å².